The van der Waals surface area contributed by atoms with Gasteiger partial charge in [0.2, 0.25) is 10.0 Å². The van der Waals surface area contributed by atoms with Crippen molar-refractivity contribution in [3.8, 4) is 5.75 Å². The number of sulfonamides is 1. The minimum atomic E-state index is -3.64. The Labute approximate surface area is 238 Å². The summed E-state index contributed by atoms with van der Waals surface area (Å²) in [7, 11) is -2.02. The van der Waals surface area contributed by atoms with Crippen molar-refractivity contribution in [1.82, 2.24) is 14.2 Å². The summed E-state index contributed by atoms with van der Waals surface area (Å²) >= 11 is 1.44. The second kappa shape index (κ2) is 13.4. The fourth-order valence-corrected chi connectivity index (χ4v) is 6.98. The summed E-state index contributed by atoms with van der Waals surface area (Å²) < 4.78 is 44.4. The molecule has 2 saturated heterocycles. The highest BCUT2D eigenvalue weighted by molar-refractivity contribution is 7.89. The Balaban J connectivity index is 0.00000353. The van der Waals surface area contributed by atoms with Crippen molar-refractivity contribution in [2.75, 3.05) is 77.7 Å². The normalized spacial score (nSPS) is 17.1. The molecule has 2 aromatic carbocycles. The highest BCUT2D eigenvalue weighted by Gasteiger charge is 2.27. The third-order valence-corrected chi connectivity index (χ3v) is 9.68. The lowest BCUT2D eigenvalue weighted by Gasteiger charge is -2.28. The average molecular weight is 597 g/mol. The molecule has 0 aliphatic carbocycles. The van der Waals surface area contributed by atoms with E-state index in [4.69, 9.17) is 19.2 Å². The predicted molar refractivity (Wildman–Crippen MR) is 153 cm³/mol. The van der Waals surface area contributed by atoms with Crippen LogP contribution in [0.25, 0.3) is 10.2 Å². The highest BCUT2D eigenvalue weighted by atomic mass is 35.5. The third-order valence-electron chi connectivity index (χ3n) is 6.73. The fraction of sp³-hybridized carbons (Fsp3) is 0.462. The van der Waals surface area contributed by atoms with Gasteiger partial charge in [-0.2, -0.15) is 4.31 Å². The number of fused-ring (bicyclic) bond motifs is 1. The number of hydrogen-bond acceptors (Lipinski definition) is 9. The number of morpholine rings is 2. The zero-order chi connectivity index (χ0) is 26.5. The number of amides is 1. The Bertz CT molecular complexity index is 1360. The molecule has 0 saturated carbocycles. The van der Waals surface area contributed by atoms with Gasteiger partial charge in [-0.25, -0.2) is 13.4 Å². The van der Waals surface area contributed by atoms with E-state index in [9.17, 15) is 13.2 Å². The topological polar surface area (TPSA) is 102 Å². The number of nitrogens with zero attached hydrogens (tertiary/aromatic N) is 4. The van der Waals surface area contributed by atoms with Crippen LogP contribution in [-0.4, -0.2) is 101 Å². The molecule has 212 valence electrons. The summed E-state index contributed by atoms with van der Waals surface area (Å²) in [5.41, 5.74) is 1.21. The molecule has 3 aromatic rings. The van der Waals surface area contributed by atoms with Gasteiger partial charge in [0.1, 0.15) is 5.75 Å². The number of methoxy groups -OCH3 is 1. The van der Waals surface area contributed by atoms with Crippen molar-refractivity contribution in [3.05, 3.63) is 48.0 Å². The fourth-order valence-electron chi connectivity index (χ4n) is 4.56. The molecule has 0 bridgehead atoms. The Morgan fingerprint density at radius 3 is 2.36 bits per heavy atom. The third kappa shape index (κ3) is 6.88. The van der Waals surface area contributed by atoms with E-state index in [1.54, 1.807) is 24.1 Å². The molecule has 3 heterocycles. The maximum absolute atomic E-state index is 13.7. The molecule has 2 aliphatic heterocycles. The lowest BCUT2D eigenvalue weighted by Crippen LogP contribution is -2.40. The molecule has 1 aromatic heterocycles. The molecule has 5 rings (SSSR count). The Morgan fingerprint density at radius 2 is 1.69 bits per heavy atom. The number of ether oxygens (including phenoxy) is 3. The first kappa shape index (κ1) is 29.7. The van der Waals surface area contributed by atoms with Crippen LogP contribution in [0.4, 0.5) is 5.13 Å². The number of thiazole rings is 1. The number of halogens is 1. The van der Waals surface area contributed by atoms with Crippen LogP contribution >= 0.6 is 23.7 Å². The molecule has 2 fully saturated rings. The minimum absolute atomic E-state index is 0. The molecule has 0 spiro atoms. The maximum atomic E-state index is 13.7. The standard InChI is InChI=1S/C26H32N4O6S2.ClH/c1-34-21-5-8-23-24(19-21)37-26(27-23)30(10-2-9-28-11-15-35-16-12-28)25(31)20-3-6-22(7-4-20)38(32,33)29-13-17-36-18-14-29;/h3-8,19H,2,9-18H2,1H3;1H. The van der Waals surface area contributed by atoms with E-state index >= 15 is 0 Å². The van der Waals surface area contributed by atoms with Crippen molar-refractivity contribution in [1.29, 1.82) is 0 Å². The van der Waals surface area contributed by atoms with E-state index in [0.717, 1.165) is 55.2 Å². The second-order valence-electron chi connectivity index (χ2n) is 9.14. The van der Waals surface area contributed by atoms with Crippen molar-refractivity contribution >= 4 is 55.0 Å². The van der Waals surface area contributed by atoms with Crippen LogP contribution in [0.1, 0.15) is 16.8 Å². The second-order valence-corrected chi connectivity index (χ2v) is 12.1. The number of rotatable bonds is 9. The molecule has 0 radical (unpaired) electrons. The maximum Gasteiger partial charge on any atom is 0.260 e. The number of hydrogen-bond donors (Lipinski definition) is 0. The number of carbonyl (C=O) groups is 1. The molecular formula is C26H33ClN4O6S2. The molecule has 13 heteroatoms. The predicted octanol–water partition coefficient (Wildman–Crippen LogP) is 3.12. The van der Waals surface area contributed by atoms with E-state index in [0.29, 0.717) is 43.5 Å². The van der Waals surface area contributed by atoms with Gasteiger partial charge in [0.25, 0.3) is 5.91 Å². The summed E-state index contributed by atoms with van der Waals surface area (Å²) in [4.78, 5) is 22.7. The molecule has 1 amide bonds. The summed E-state index contributed by atoms with van der Waals surface area (Å²) in [6.07, 6.45) is 0.772. The molecule has 0 atom stereocenters. The molecule has 39 heavy (non-hydrogen) atoms. The quantitative estimate of drug-likeness (QED) is 0.371. The Kier molecular flexibility index (Phi) is 10.2. The summed E-state index contributed by atoms with van der Waals surface area (Å²) in [5.74, 6) is 0.517. The van der Waals surface area contributed by atoms with Gasteiger partial charge in [0.15, 0.2) is 5.13 Å². The van der Waals surface area contributed by atoms with Gasteiger partial charge in [-0.05, 0) is 48.9 Å². The van der Waals surface area contributed by atoms with Crippen molar-refractivity contribution in [2.45, 2.75) is 11.3 Å². The first-order valence-electron chi connectivity index (χ1n) is 12.7. The first-order valence-corrected chi connectivity index (χ1v) is 15.0. The van der Waals surface area contributed by atoms with E-state index in [1.165, 1.54) is 27.8 Å². The van der Waals surface area contributed by atoms with Gasteiger partial charge in [-0.1, -0.05) is 11.3 Å². The van der Waals surface area contributed by atoms with Crippen molar-refractivity contribution in [2.24, 2.45) is 0 Å². The number of benzene rings is 2. The van der Waals surface area contributed by atoms with Crippen LogP contribution in [0.2, 0.25) is 0 Å². The van der Waals surface area contributed by atoms with Gasteiger partial charge in [-0.15, -0.1) is 12.4 Å². The highest BCUT2D eigenvalue weighted by Crippen LogP contribution is 2.32. The van der Waals surface area contributed by atoms with Crippen LogP contribution in [0, 0.1) is 0 Å². The van der Waals surface area contributed by atoms with Crippen LogP contribution in [0.3, 0.4) is 0 Å². The zero-order valence-corrected chi connectivity index (χ0v) is 24.2. The van der Waals surface area contributed by atoms with Crippen LogP contribution in [0.5, 0.6) is 5.75 Å². The first-order chi connectivity index (χ1) is 18.5. The molecule has 10 nitrogen and oxygen atoms in total. The van der Waals surface area contributed by atoms with Crippen molar-refractivity contribution < 1.29 is 27.4 Å². The van der Waals surface area contributed by atoms with E-state index in [-0.39, 0.29) is 23.2 Å². The summed E-state index contributed by atoms with van der Waals surface area (Å²) in [6, 6.07) is 11.8. The number of aromatic nitrogens is 1. The van der Waals surface area contributed by atoms with E-state index < -0.39 is 10.0 Å². The van der Waals surface area contributed by atoms with Gasteiger partial charge < -0.3 is 14.2 Å². The molecular weight excluding hydrogens is 564 g/mol. The lowest BCUT2D eigenvalue weighted by atomic mass is 10.2. The zero-order valence-electron chi connectivity index (χ0n) is 21.8. The van der Waals surface area contributed by atoms with Gasteiger partial charge in [0, 0.05) is 44.8 Å². The molecule has 2 aliphatic rings. The lowest BCUT2D eigenvalue weighted by molar-refractivity contribution is 0.0376. The smallest absolute Gasteiger partial charge is 0.260 e. The summed E-state index contributed by atoms with van der Waals surface area (Å²) in [5, 5.41) is 0.602. The SMILES string of the molecule is COc1ccc2nc(N(CCCN3CCOCC3)C(=O)c3ccc(S(=O)(=O)N4CCOCC4)cc3)sc2c1.Cl. The van der Waals surface area contributed by atoms with Gasteiger partial charge in [0.05, 0.1) is 48.6 Å². The monoisotopic (exact) mass is 596 g/mol. The minimum Gasteiger partial charge on any atom is -0.497 e. The number of carbonyl (C=O) groups excluding carboxylic acids is 1. The van der Waals surface area contributed by atoms with E-state index in [1.807, 2.05) is 18.2 Å². The average Bonchev–Trinajstić information content (AvgIpc) is 3.39. The molecule has 0 unspecified atom stereocenters. The van der Waals surface area contributed by atoms with Gasteiger partial charge in [-0.3, -0.25) is 14.6 Å². The largest absolute Gasteiger partial charge is 0.497 e. The Morgan fingerprint density at radius 1 is 1.03 bits per heavy atom. The molecule has 0 N–H and O–H groups in total. The van der Waals surface area contributed by atoms with Crippen molar-refractivity contribution in [3.63, 3.8) is 0 Å². The Hall–Kier alpha value is -2.32. The van der Waals surface area contributed by atoms with Crippen LogP contribution < -0.4 is 9.64 Å². The van der Waals surface area contributed by atoms with E-state index in [2.05, 4.69) is 4.90 Å². The van der Waals surface area contributed by atoms with Crippen LogP contribution in [0.15, 0.2) is 47.4 Å². The summed E-state index contributed by atoms with van der Waals surface area (Å²) in [6.45, 7) is 5.95. The number of anilines is 1. The van der Waals surface area contributed by atoms with Crippen LogP contribution in [-0.2, 0) is 19.5 Å². The van der Waals surface area contributed by atoms with Gasteiger partial charge >= 0.3 is 0 Å².